The lowest BCUT2D eigenvalue weighted by Crippen LogP contribution is -2.69. The van der Waals surface area contributed by atoms with Crippen LogP contribution in [0.3, 0.4) is 0 Å². The molecule has 5 atom stereocenters. The Labute approximate surface area is 187 Å². The van der Waals surface area contributed by atoms with Gasteiger partial charge >= 0.3 is 0 Å². The van der Waals surface area contributed by atoms with Crippen LogP contribution < -0.4 is 10.1 Å². The van der Waals surface area contributed by atoms with E-state index in [1.54, 1.807) is 0 Å². The second kappa shape index (κ2) is 6.53. The van der Waals surface area contributed by atoms with E-state index in [-0.39, 0.29) is 34.3 Å². The molecule has 0 aromatic heterocycles. The van der Waals surface area contributed by atoms with Gasteiger partial charge in [-0.25, -0.2) is 0 Å². The number of hydrogen-bond donors (Lipinski definition) is 1. The van der Waals surface area contributed by atoms with Crippen molar-refractivity contribution < 1.29 is 24.0 Å². The first-order chi connectivity index (χ1) is 15.0. The predicted molar refractivity (Wildman–Crippen MR) is 115 cm³/mol. The zero-order chi connectivity index (χ0) is 23.2. The first kappa shape index (κ1) is 21.4. The molecule has 172 valence electrons. The molecule has 2 fully saturated rings. The van der Waals surface area contributed by atoms with E-state index in [0.29, 0.717) is 36.1 Å². The van der Waals surface area contributed by atoms with Gasteiger partial charge in [-0.05, 0) is 31.6 Å². The molecule has 32 heavy (non-hydrogen) atoms. The number of ether oxygens (including phenoxy) is 2. The molecule has 5 rings (SSSR count). The van der Waals surface area contributed by atoms with Gasteiger partial charge in [-0.2, -0.15) is 0 Å². The number of ketones is 1. The van der Waals surface area contributed by atoms with Crippen molar-refractivity contribution in [1.29, 1.82) is 0 Å². The van der Waals surface area contributed by atoms with Crippen molar-refractivity contribution in [2.45, 2.75) is 71.6 Å². The number of benzene rings is 1. The standard InChI is InChI=1S/C24H30N2O6/c1-12-6-7-16-22(2,3)17(27)8-9-24(16)23(12,4)11-14-15(26(29)30)10-13-18(19(14)32-24)21(31-5)25-20(13)28/h10,12,16,21H,6-9,11H2,1-5H3,(H,25,28)/t12-,16-,21?,23+,24-/m0/s1. The highest BCUT2D eigenvalue weighted by Gasteiger charge is 2.68. The third-order valence-electron chi connectivity index (χ3n) is 9.25. The van der Waals surface area contributed by atoms with E-state index in [9.17, 15) is 19.7 Å². The Morgan fingerprint density at radius 1 is 1.25 bits per heavy atom. The molecule has 1 N–H and O–H groups in total. The van der Waals surface area contributed by atoms with Crippen LogP contribution >= 0.6 is 0 Å². The molecule has 8 heteroatoms. The molecule has 0 saturated heterocycles. The first-order valence-corrected chi connectivity index (χ1v) is 11.4. The van der Waals surface area contributed by atoms with Gasteiger partial charge in [0.05, 0.1) is 21.6 Å². The van der Waals surface area contributed by atoms with E-state index < -0.39 is 28.1 Å². The SMILES string of the molecule is COC1NC(=O)c2cc([N+](=O)[O-])c3c(c21)O[C@@]12CCC(=O)C(C)(C)[C@@H]1CC[C@H](C)[C@@]2(C)C3. The summed E-state index contributed by atoms with van der Waals surface area (Å²) < 4.78 is 12.5. The number of amides is 1. The van der Waals surface area contributed by atoms with Gasteiger partial charge in [0.25, 0.3) is 11.6 Å². The summed E-state index contributed by atoms with van der Waals surface area (Å²) in [4.78, 5) is 37.2. The van der Waals surface area contributed by atoms with Crippen molar-refractivity contribution >= 4 is 17.4 Å². The number of nitrogens with zero attached hydrogens (tertiary/aromatic N) is 1. The third-order valence-corrected chi connectivity index (χ3v) is 9.25. The van der Waals surface area contributed by atoms with Crippen molar-refractivity contribution in [2.75, 3.05) is 7.11 Å². The molecular weight excluding hydrogens is 412 g/mol. The third kappa shape index (κ3) is 2.42. The minimum absolute atomic E-state index is 0.00780. The number of nitro groups is 1. The second-order valence-electron chi connectivity index (χ2n) is 10.8. The predicted octanol–water partition coefficient (Wildman–Crippen LogP) is 4.10. The maximum atomic E-state index is 12.9. The van der Waals surface area contributed by atoms with E-state index in [1.165, 1.54) is 13.2 Å². The van der Waals surface area contributed by atoms with E-state index in [0.717, 1.165) is 12.8 Å². The molecule has 2 saturated carbocycles. The van der Waals surface area contributed by atoms with Crippen LogP contribution in [0.4, 0.5) is 5.69 Å². The molecule has 1 amide bonds. The maximum absolute atomic E-state index is 12.9. The summed E-state index contributed by atoms with van der Waals surface area (Å²) in [5, 5.41) is 14.8. The van der Waals surface area contributed by atoms with Gasteiger partial charge < -0.3 is 14.8 Å². The van der Waals surface area contributed by atoms with Gasteiger partial charge in [-0.3, -0.25) is 19.7 Å². The Morgan fingerprint density at radius 3 is 2.62 bits per heavy atom. The number of carbonyl (C=O) groups is 2. The summed E-state index contributed by atoms with van der Waals surface area (Å²) >= 11 is 0. The molecule has 4 aliphatic rings. The van der Waals surface area contributed by atoms with Crippen LogP contribution in [0.5, 0.6) is 5.75 Å². The number of methoxy groups -OCH3 is 1. The molecule has 1 aromatic rings. The fourth-order valence-corrected chi connectivity index (χ4v) is 7.16. The summed E-state index contributed by atoms with van der Waals surface area (Å²) in [6.45, 7) is 8.39. The van der Waals surface area contributed by atoms with Crippen LogP contribution in [0.1, 0.15) is 81.1 Å². The Kier molecular flexibility index (Phi) is 4.36. The van der Waals surface area contributed by atoms with Crippen molar-refractivity contribution in [2.24, 2.45) is 22.7 Å². The van der Waals surface area contributed by atoms with Crippen molar-refractivity contribution in [3.63, 3.8) is 0 Å². The highest BCUT2D eigenvalue weighted by molar-refractivity contribution is 6.01. The lowest BCUT2D eigenvalue weighted by molar-refractivity contribution is -0.386. The van der Waals surface area contributed by atoms with Crippen LogP contribution in [0.25, 0.3) is 0 Å². The minimum atomic E-state index is -0.717. The monoisotopic (exact) mass is 442 g/mol. The Bertz CT molecular complexity index is 1070. The Morgan fingerprint density at radius 2 is 1.97 bits per heavy atom. The van der Waals surface area contributed by atoms with E-state index in [2.05, 4.69) is 19.2 Å². The van der Waals surface area contributed by atoms with Crippen LogP contribution in [0.15, 0.2) is 6.07 Å². The molecule has 2 aliphatic carbocycles. The summed E-state index contributed by atoms with van der Waals surface area (Å²) in [5.41, 5.74) is -0.337. The van der Waals surface area contributed by atoms with Crippen molar-refractivity contribution in [3.05, 3.63) is 32.9 Å². The van der Waals surface area contributed by atoms with Gasteiger partial charge in [0.15, 0.2) is 6.23 Å². The fraction of sp³-hybridized carbons (Fsp3) is 0.667. The van der Waals surface area contributed by atoms with Gasteiger partial charge in [-0.15, -0.1) is 0 Å². The number of rotatable bonds is 2. The lowest BCUT2D eigenvalue weighted by Gasteiger charge is -2.65. The number of fused-ring (bicyclic) bond motifs is 3. The molecule has 0 bridgehead atoms. The zero-order valence-electron chi connectivity index (χ0n) is 19.2. The molecule has 8 nitrogen and oxygen atoms in total. The number of carbonyl (C=O) groups excluding carboxylic acids is 2. The van der Waals surface area contributed by atoms with Crippen molar-refractivity contribution in [3.8, 4) is 5.75 Å². The number of nitro benzene ring substituents is 1. The summed E-state index contributed by atoms with van der Waals surface area (Å²) in [7, 11) is 1.49. The average molecular weight is 443 g/mol. The Hall–Kier alpha value is -2.48. The summed E-state index contributed by atoms with van der Waals surface area (Å²) in [6, 6.07) is 1.37. The van der Waals surface area contributed by atoms with Crippen molar-refractivity contribution in [1.82, 2.24) is 5.32 Å². The van der Waals surface area contributed by atoms with Gasteiger partial charge in [0.1, 0.15) is 17.1 Å². The lowest BCUT2D eigenvalue weighted by atomic mass is 9.44. The van der Waals surface area contributed by atoms with Gasteiger partial charge in [0, 0.05) is 36.3 Å². The number of nitrogens with one attached hydrogen (secondary N) is 1. The summed E-state index contributed by atoms with van der Waals surface area (Å²) in [6.07, 6.45) is 2.56. The minimum Gasteiger partial charge on any atom is -0.485 e. The van der Waals surface area contributed by atoms with E-state index in [1.807, 2.05) is 13.8 Å². The Balaban J connectivity index is 1.79. The molecular formula is C24H30N2O6. The number of Topliss-reactive ketones (excluding diaryl/α,β-unsaturated/α-hetero) is 1. The largest absolute Gasteiger partial charge is 0.485 e. The smallest absolute Gasteiger partial charge is 0.277 e. The van der Waals surface area contributed by atoms with Gasteiger partial charge in [0.2, 0.25) is 0 Å². The fourth-order valence-electron chi connectivity index (χ4n) is 7.16. The van der Waals surface area contributed by atoms with Crippen LogP contribution in [-0.2, 0) is 16.0 Å². The molecule has 1 spiro atoms. The topological polar surface area (TPSA) is 108 Å². The second-order valence-corrected chi connectivity index (χ2v) is 10.8. The molecule has 0 radical (unpaired) electrons. The van der Waals surface area contributed by atoms with Crippen LogP contribution in [0.2, 0.25) is 0 Å². The first-order valence-electron chi connectivity index (χ1n) is 11.4. The quantitative estimate of drug-likeness (QED) is 0.546. The normalized spacial score (nSPS) is 36.8. The highest BCUT2D eigenvalue weighted by Crippen LogP contribution is 2.66. The highest BCUT2D eigenvalue weighted by atomic mass is 16.6. The maximum Gasteiger partial charge on any atom is 0.277 e. The molecule has 2 aliphatic heterocycles. The molecule has 1 aromatic carbocycles. The van der Waals surface area contributed by atoms with E-state index >= 15 is 0 Å². The molecule has 1 unspecified atom stereocenters. The zero-order valence-corrected chi connectivity index (χ0v) is 19.2. The van der Waals surface area contributed by atoms with Crippen LogP contribution in [0, 0.1) is 32.8 Å². The molecule has 2 heterocycles. The summed E-state index contributed by atoms with van der Waals surface area (Å²) in [5.74, 6) is 0.504. The average Bonchev–Trinajstić information content (AvgIpc) is 3.06. The van der Waals surface area contributed by atoms with Crippen LogP contribution in [-0.4, -0.2) is 29.3 Å². The van der Waals surface area contributed by atoms with E-state index in [4.69, 9.17) is 9.47 Å². The van der Waals surface area contributed by atoms with Gasteiger partial charge in [-0.1, -0.05) is 27.7 Å². The number of hydrogen-bond acceptors (Lipinski definition) is 6.